The molecule has 0 aliphatic carbocycles. The van der Waals surface area contributed by atoms with Gasteiger partial charge in [0, 0.05) is 18.6 Å². The third-order valence-corrected chi connectivity index (χ3v) is 4.11. The van der Waals surface area contributed by atoms with Crippen molar-refractivity contribution >= 4 is 0 Å². The van der Waals surface area contributed by atoms with Crippen LogP contribution in [0.4, 0.5) is 0 Å². The molecular formula is C15H21NO2. The highest BCUT2D eigenvalue weighted by atomic mass is 16.5. The summed E-state index contributed by atoms with van der Waals surface area (Å²) in [5, 5.41) is 3.66. The predicted molar refractivity (Wildman–Crippen MR) is 71.0 cm³/mol. The summed E-state index contributed by atoms with van der Waals surface area (Å²) in [7, 11) is 1.73. The Kier molecular flexibility index (Phi) is 3.52. The molecule has 1 aromatic carbocycles. The normalized spacial score (nSPS) is 27.6. The highest BCUT2D eigenvalue weighted by Crippen LogP contribution is 2.34. The second-order valence-electron chi connectivity index (χ2n) is 5.22. The molecule has 0 aromatic heterocycles. The molecule has 2 aliphatic heterocycles. The summed E-state index contributed by atoms with van der Waals surface area (Å²) >= 11 is 0. The molecule has 1 N–H and O–H groups in total. The van der Waals surface area contributed by atoms with Gasteiger partial charge in [0.15, 0.2) is 0 Å². The van der Waals surface area contributed by atoms with Gasteiger partial charge >= 0.3 is 0 Å². The van der Waals surface area contributed by atoms with Gasteiger partial charge in [0.2, 0.25) is 0 Å². The fourth-order valence-corrected chi connectivity index (χ4v) is 3.15. The van der Waals surface area contributed by atoms with Gasteiger partial charge < -0.3 is 14.8 Å². The topological polar surface area (TPSA) is 30.5 Å². The smallest absolute Gasteiger partial charge is 0.119 e. The lowest BCUT2D eigenvalue weighted by atomic mass is 9.83. The largest absolute Gasteiger partial charge is 0.497 e. The van der Waals surface area contributed by atoms with E-state index in [1.807, 2.05) is 0 Å². The van der Waals surface area contributed by atoms with Crippen LogP contribution in [-0.2, 0) is 11.2 Å². The minimum absolute atomic E-state index is 0.458. The van der Waals surface area contributed by atoms with Crippen molar-refractivity contribution < 1.29 is 9.47 Å². The van der Waals surface area contributed by atoms with Crippen molar-refractivity contribution in [1.29, 1.82) is 0 Å². The first-order valence-corrected chi connectivity index (χ1v) is 6.86. The molecule has 18 heavy (non-hydrogen) atoms. The Labute approximate surface area is 108 Å². The minimum atomic E-state index is 0.458. The average molecular weight is 247 g/mol. The van der Waals surface area contributed by atoms with E-state index < -0.39 is 0 Å². The Bertz CT molecular complexity index is 413. The molecule has 3 rings (SSSR count). The SMILES string of the molecule is COc1ccc2c(c1)CCNC2C1CCCOC1. The molecule has 0 amide bonds. The number of benzene rings is 1. The van der Waals surface area contributed by atoms with Crippen LogP contribution in [0.2, 0.25) is 0 Å². The maximum atomic E-state index is 5.63. The van der Waals surface area contributed by atoms with Gasteiger partial charge in [-0.2, -0.15) is 0 Å². The molecule has 1 fully saturated rings. The molecule has 0 bridgehead atoms. The summed E-state index contributed by atoms with van der Waals surface area (Å²) < 4.78 is 10.9. The van der Waals surface area contributed by atoms with Crippen molar-refractivity contribution in [3.05, 3.63) is 29.3 Å². The van der Waals surface area contributed by atoms with E-state index in [4.69, 9.17) is 9.47 Å². The van der Waals surface area contributed by atoms with Crippen LogP contribution in [0.25, 0.3) is 0 Å². The summed E-state index contributed by atoms with van der Waals surface area (Å²) in [6.45, 7) is 2.88. The van der Waals surface area contributed by atoms with Gasteiger partial charge in [-0.3, -0.25) is 0 Å². The number of fused-ring (bicyclic) bond motifs is 1. The van der Waals surface area contributed by atoms with E-state index in [0.717, 1.165) is 31.9 Å². The fraction of sp³-hybridized carbons (Fsp3) is 0.600. The lowest BCUT2D eigenvalue weighted by Crippen LogP contribution is -2.38. The molecule has 1 aromatic rings. The van der Waals surface area contributed by atoms with Crippen LogP contribution in [0.1, 0.15) is 30.0 Å². The highest BCUT2D eigenvalue weighted by Gasteiger charge is 2.29. The van der Waals surface area contributed by atoms with E-state index in [0.29, 0.717) is 12.0 Å². The number of ether oxygens (including phenoxy) is 2. The minimum Gasteiger partial charge on any atom is -0.497 e. The van der Waals surface area contributed by atoms with Crippen LogP contribution in [0.3, 0.4) is 0 Å². The van der Waals surface area contributed by atoms with Crippen molar-refractivity contribution in [3.8, 4) is 5.75 Å². The van der Waals surface area contributed by atoms with Crippen molar-refractivity contribution in [1.82, 2.24) is 5.32 Å². The standard InChI is InChI=1S/C15H21NO2/c1-17-13-4-5-14-11(9-13)6-7-16-15(14)12-3-2-8-18-10-12/h4-5,9,12,15-16H,2-3,6-8,10H2,1H3. The van der Waals surface area contributed by atoms with Gasteiger partial charge in [-0.1, -0.05) is 6.07 Å². The van der Waals surface area contributed by atoms with Crippen molar-refractivity contribution in [3.63, 3.8) is 0 Å². The quantitative estimate of drug-likeness (QED) is 0.870. The number of hydrogen-bond donors (Lipinski definition) is 1. The van der Waals surface area contributed by atoms with E-state index in [2.05, 4.69) is 23.5 Å². The first kappa shape index (κ1) is 12.0. The Hall–Kier alpha value is -1.06. The second kappa shape index (κ2) is 5.29. The van der Waals surface area contributed by atoms with Gasteiger partial charge in [0.05, 0.1) is 13.7 Å². The molecule has 2 aliphatic rings. The van der Waals surface area contributed by atoms with Crippen LogP contribution in [0.15, 0.2) is 18.2 Å². The van der Waals surface area contributed by atoms with Crippen LogP contribution in [0, 0.1) is 5.92 Å². The van der Waals surface area contributed by atoms with E-state index in [1.165, 1.54) is 24.0 Å². The third-order valence-electron chi connectivity index (χ3n) is 4.11. The van der Waals surface area contributed by atoms with Gasteiger partial charge in [-0.05, 0) is 49.1 Å². The van der Waals surface area contributed by atoms with Crippen LogP contribution >= 0.6 is 0 Å². The average Bonchev–Trinajstić information content (AvgIpc) is 2.47. The van der Waals surface area contributed by atoms with Gasteiger partial charge in [-0.15, -0.1) is 0 Å². The zero-order valence-electron chi connectivity index (χ0n) is 10.9. The zero-order valence-corrected chi connectivity index (χ0v) is 10.9. The first-order valence-electron chi connectivity index (χ1n) is 6.86. The Morgan fingerprint density at radius 1 is 1.39 bits per heavy atom. The molecule has 2 heterocycles. The van der Waals surface area contributed by atoms with Crippen LogP contribution in [-0.4, -0.2) is 26.9 Å². The third kappa shape index (κ3) is 2.25. The molecule has 3 heteroatoms. The zero-order chi connectivity index (χ0) is 12.4. The Morgan fingerprint density at radius 2 is 2.33 bits per heavy atom. The van der Waals surface area contributed by atoms with Crippen LogP contribution < -0.4 is 10.1 Å². The summed E-state index contributed by atoms with van der Waals surface area (Å²) in [6.07, 6.45) is 3.55. The molecule has 0 spiro atoms. The first-order chi connectivity index (χ1) is 8.88. The van der Waals surface area contributed by atoms with Gasteiger partial charge in [-0.25, -0.2) is 0 Å². The van der Waals surface area contributed by atoms with Crippen molar-refractivity contribution in [2.75, 3.05) is 26.9 Å². The monoisotopic (exact) mass is 247 g/mol. The van der Waals surface area contributed by atoms with Crippen LogP contribution in [0.5, 0.6) is 5.75 Å². The van der Waals surface area contributed by atoms with Crippen molar-refractivity contribution in [2.24, 2.45) is 5.92 Å². The Morgan fingerprint density at radius 3 is 3.11 bits per heavy atom. The van der Waals surface area contributed by atoms with Gasteiger partial charge in [0.25, 0.3) is 0 Å². The fourth-order valence-electron chi connectivity index (χ4n) is 3.15. The number of nitrogens with one attached hydrogen (secondary N) is 1. The maximum Gasteiger partial charge on any atom is 0.119 e. The molecule has 1 saturated heterocycles. The molecular weight excluding hydrogens is 226 g/mol. The lowest BCUT2D eigenvalue weighted by Gasteiger charge is -2.35. The molecule has 98 valence electrons. The second-order valence-corrected chi connectivity index (χ2v) is 5.22. The Balaban J connectivity index is 1.86. The summed E-state index contributed by atoms with van der Waals surface area (Å²) in [5.41, 5.74) is 2.88. The molecule has 0 saturated carbocycles. The summed E-state index contributed by atoms with van der Waals surface area (Å²) in [4.78, 5) is 0. The van der Waals surface area contributed by atoms with E-state index in [-0.39, 0.29) is 0 Å². The predicted octanol–water partition coefficient (Wildman–Crippen LogP) is 2.31. The maximum absolute atomic E-state index is 5.63. The van der Waals surface area contributed by atoms with Crippen molar-refractivity contribution in [2.45, 2.75) is 25.3 Å². The summed E-state index contributed by atoms with van der Waals surface area (Å²) in [6, 6.07) is 6.94. The molecule has 0 radical (unpaired) electrons. The van der Waals surface area contributed by atoms with Gasteiger partial charge in [0.1, 0.15) is 5.75 Å². The van der Waals surface area contributed by atoms with E-state index in [9.17, 15) is 0 Å². The van der Waals surface area contributed by atoms with E-state index >= 15 is 0 Å². The lowest BCUT2D eigenvalue weighted by molar-refractivity contribution is 0.0380. The molecule has 2 atom stereocenters. The molecule has 3 nitrogen and oxygen atoms in total. The van der Waals surface area contributed by atoms with E-state index in [1.54, 1.807) is 7.11 Å². The number of rotatable bonds is 2. The summed E-state index contributed by atoms with van der Waals surface area (Å²) in [5.74, 6) is 1.58. The molecule has 2 unspecified atom stereocenters. The number of hydrogen-bond acceptors (Lipinski definition) is 3. The highest BCUT2D eigenvalue weighted by molar-refractivity contribution is 5.39. The number of methoxy groups -OCH3 is 1.